The summed E-state index contributed by atoms with van der Waals surface area (Å²) in [6, 6.07) is 0. The van der Waals surface area contributed by atoms with E-state index in [1.54, 1.807) is 0 Å². The van der Waals surface area contributed by atoms with Gasteiger partial charge in [0.05, 0.1) is 0 Å². The van der Waals surface area contributed by atoms with Crippen LogP contribution in [0.3, 0.4) is 0 Å². The van der Waals surface area contributed by atoms with Crippen molar-refractivity contribution in [2.75, 3.05) is 0 Å². The van der Waals surface area contributed by atoms with Gasteiger partial charge in [0.1, 0.15) is 0 Å². The van der Waals surface area contributed by atoms with Crippen LogP contribution in [0, 0.1) is 18.3 Å². The summed E-state index contributed by atoms with van der Waals surface area (Å²) >= 11 is 0. The van der Waals surface area contributed by atoms with Gasteiger partial charge in [-0.2, -0.15) is 0 Å². The van der Waals surface area contributed by atoms with E-state index in [1.165, 1.54) is 43.3 Å². The summed E-state index contributed by atoms with van der Waals surface area (Å²) in [6.45, 7) is 1.22. The number of allylic oxidation sites excluding steroid dienone is 1. The molecule has 82 valence electrons. The maximum atomic E-state index is 5.89. The summed E-state index contributed by atoms with van der Waals surface area (Å²) in [6.07, 6.45) is 8.08. The van der Waals surface area contributed by atoms with Crippen molar-refractivity contribution in [3.63, 3.8) is 0 Å². The Morgan fingerprint density at radius 1 is 1.06 bits per heavy atom. The van der Waals surface area contributed by atoms with Crippen molar-refractivity contribution in [3.8, 4) is 12.3 Å². The van der Waals surface area contributed by atoms with Crippen molar-refractivity contribution in [2.45, 2.75) is 47.7 Å². The molecule has 0 aromatic carbocycles. The van der Waals surface area contributed by atoms with E-state index in [4.69, 9.17) is 6.42 Å². The fourth-order valence-electron chi connectivity index (χ4n) is 17.6. The Morgan fingerprint density at radius 3 is 1.75 bits per heavy atom. The van der Waals surface area contributed by atoms with Crippen molar-refractivity contribution in [1.29, 1.82) is 0 Å². The average molecular weight is 250 g/mol. The molecule has 0 nitrogen and oxygen atoms in total. The summed E-state index contributed by atoms with van der Waals surface area (Å²) in [5, 5.41) is 0. The second kappa shape index (κ2) is 0.413. The van der Waals surface area contributed by atoms with Crippen molar-refractivity contribution < 1.29 is 6.51 Å². The zero-order valence-corrected chi connectivity index (χ0v) is 10.1. The zero-order chi connectivity index (χ0) is 10.0. The molecule has 5 atom stereocenters. The molecule has 10 rings (SSSR count). The average Bonchev–Trinajstić information content (AvgIpc) is 3.25. The van der Waals surface area contributed by atoms with Gasteiger partial charge in [-0.05, 0) is 0 Å². The summed E-state index contributed by atoms with van der Waals surface area (Å²) in [4.78, 5) is 12.5. The molecule has 0 aromatic rings. The topological polar surface area (TPSA) is 0 Å². The van der Waals surface area contributed by atoms with E-state index in [2.05, 4.69) is 18.6 Å². The van der Waals surface area contributed by atoms with Gasteiger partial charge in [-0.1, -0.05) is 0 Å². The Hall–Kier alpha value is -0.181. The Balaban J connectivity index is 1.72. The van der Waals surface area contributed by atoms with Crippen molar-refractivity contribution >= 4 is 0 Å². The first-order valence-corrected chi connectivity index (χ1v) is 13.2. The van der Waals surface area contributed by atoms with Gasteiger partial charge in [0.2, 0.25) is 0 Å². The molecule has 0 N–H and O–H groups in total. The van der Waals surface area contributed by atoms with Crippen LogP contribution in [-0.2, 0) is 6.51 Å². The molecule has 10 saturated heterocycles. The molecule has 10 fully saturated rings. The van der Waals surface area contributed by atoms with E-state index in [9.17, 15) is 0 Å². The molecule has 0 aliphatic carbocycles. The summed E-state index contributed by atoms with van der Waals surface area (Å²) in [5.74, 6) is 3.72. The molecular formula is C15H14Fe. The van der Waals surface area contributed by atoms with Gasteiger partial charge in [-0.15, -0.1) is 0 Å². The molecule has 0 saturated carbocycles. The third kappa shape index (κ3) is 0.0457. The van der Waals surface area contributed by atoms with Gasteiger partial charge in [0.25, 0.3) is 0 Å². The van der Waals surface area contributed by atoms with Gasteiger partial charge in [0.15, 0.2) is 0 Å². The molecule has 0 bridgehead atoms. The number of hydrogen-bond donors (Lipinski definition) is 0. The van der Waals surface area contributed by atoms with E-state index >= 15 is 0 Å². The van der Waals surface area contributed by atoms with Crippen LogP contribution < -0.4 is 0 Å². The molecule has 0 amide bonds. The summed E-state index contributed by atoms with van der Waals surface area (Å²) in [7, 11) is 0. The summed E-state index contributed by atoms with van der Waals surface area (Å²) in [5.41, 5.74) is 0. The van der Waals surface area contributed by atoms with Crippen LogP contribution in [0.5, 0.6) is 0 Å². The van der Waals surface area contributed by atoms with Crippen LogP contribution in [0.1, 0.15) is 0 Å². The first kappa shape index (κ1) is 5.64. The Labute approximate surface area is 85.1 Å². The standard InChI is InChI=1S/C10H9.C5H5.Fe/c1-3-9(4-2)10-7-5-6-8-10;1-2-4-5-3-1;/h1,4-9H,2H2;1-5H;. The van der Waals surface area contributed by atoms with Crippen LogP contribution >= 0.6 is 0 Å². The first-order valence-electron chi connectivity index (χ1n) is 6.87. The van der Waals surface area contributed by atoms with E-state index < -0.39 is 6.51 Å². The quantitative estimate of drug-likeness (QED) is 0.391. The molecule has 1 heteroatoms. The van der Waals surface area contributed by atoms with Crippen molar-refractivity contribution in [2.24, 2.45) is 5.92 Å². The third-order valence-electron chi connectivity index (χ3n) is 15.7. The minimum atomic E-state index is -2.88. The molecule has 10 aliphatic rings. The van der Waals surface area contributed by atoms with E-state index in [-0.39, 0.29) is 0 Å². The van der Waals surface area contributed by atoms with Crippen LogP contribution in [0.2, 0.25) is 47.7 Å². The number of fused-ring (bicyclic) bond motifs is 10. The van der Waals surface area contributed by atoms with E-state index in [1.807, 2.05) is 0 Å². The fourth-order valence-corrected chi connectivity index (χ4v) is 92.6. The third-order valence-corrected chi connectivity index (χ3v) is 58.3. The van der Waals surface area contributed by atoms with Crippen LogP contribution in [-0.4, -0.2) is 0 Å². The molecule has 0 radical (unpaired) electrons. The second-order valence-corrected chi connectivity index (χ2v) is 34.2. The predicted octanol–water partition coefficient (Wildman–Crippen LogP) is 4.18. The van der Waals surface area contributed by atoms with Crippen molar-refractivity contribution in [1.82, 2.24) is 0 Å². The molecular weight excluding hydrogens is 236 g/mol. The van der Waals surface area contributed by atoms with Gasteiger partial charge in [0, 0.05) is 0 Å². The normalized spacial score (nSPS) is 127. The monoisotopic (exact) mass is 250 g/mol. The van der Waals surface area contributed by atoms with Crippen LogP contribution in [0.15, 0.2) is 12.7 Å². The molecule has 5 unspecified atom stereocenters. The van der Waals surface area contributed by atoms with Gasteiger partial charge < -0.3 is 0 Å². The number of terminal acetylenes is 1. The van der Waals surface area contributed by atoms with Crippen LogP contribution in [0.25, 0.3) is 0 Å². The molecule has 10 aliphatic heterocycles. The molecule has 16 heavy (non-hydrogen) atoms. The zero-order valence-electron chi connectivity index (χ0n) is 8.99. The molecule has 1 spiro atoms. The Kier molecular flexibility index (Phi) is 0.145. The second-order valence-electron chi connectivity index (χ2n) is 10.6. The number of rotatable bonds is 2. The molecule has 10 heterocycles. The summed E-state index contributed by atoms with van der Waals surface area (Å²) < 4.78 is 0.857. The van der Waals surface area contributed by atoms with Gasteiger partial charge >= 0.3 is 85.1 Å². The van der Waals surface area contributed by atoms with E-state index in [0.29, 0.717) is 5.92 Å². The van der Waals surface area contributed by atoms with Crippen LogP contribution in [0.4, 0.5) is 0 Å². The minimum absolute atomic E-state index is 0.529. The van der Waals surface area contributed by atoms with Gasteiger partial charge in [-0.25, -0.2) is 0 Å². The van der Waals surface area contributed by atoms with E-state index in [0.717, 1.165) is 4.31 Å². The van der Waals surface area contributed by atoms with Crippen molar-refractivity contribution in [3.05, 3.63) is 12.7 Å². The SMILES string of the molecule is C#CC(C=C)[C]12[CH]3[CH]4[CH]5[CH]1[Fe]45321678[CH]2[CH]1[CH]6[CH]7[CH]28. The first-order chi connectivity index (χ1) is 7.56. The Bertz CT molecular complexity index is 927. The predicted molar refractivity (Wildman–Crippen MR) is 59.0 cm³/mol. The Morgan fingerprint density at radius 2 is 1.56 bits per heavy atom. The fraction of sp³-hybridized carbons (Fsp3) is 0.733. The number of hydrogen-bond acceptors (Lipinski definition) is 0. The molecule has 0 aromatic heterocycles. The maximum absolute atomic E-state index is 5.89. The van der Waals surface area contributed by atoms with Gasteiger partial charge in [-0.3, -0.25) is 0 Å².